The number of unbranched alkanes of at least 4 members (excludes halogenated alkanes) is 1. The molecule has 46 heavy (non-hydrogen) atoms. The van der Waals surface area contributed by atoms with Gasteiger partial charge >= 0.3 is 0 Å². The lowest BCUT2D eigenvalue weighted by molar-refractivity contribution is -0.133. The van der Waals surface area contributed by atoms with Crippen LogP contribution in [0.25, 0.3) is 0 Å². The Morgan fingerprint density at radius 1 is 0.783 bits per heavy atom. The van der Waals surface area contributed by atoms with E-state index >= 15 is 0 Å². The Balaban J connectivity index is 2.30. The highest BCUT2D eigenvalue weighted by Crippen LogP contribution is 2.22. The lowest BCUT2D eigenvalue weighted by Gasteiger charge is -2.26. The molecule has 4 atom stereocenters. The highest BCUT2D eigenvalue weighted by atomic mass is 16.3. The van der Waals surface area contributed by atoms with Crippen molar-refractivity contribution < 1.29 is 24.3 Å². The van der Waals surface area contributed by atoms with Crippen LogP contribution in [0, 0.1) is 13.8 Å². The number of rotatable bonds is 19. The third-order valence-electron chi connectivity index (χ3n) is 7.55. The van der Waals surface area contributed by atoms with E-state index in [2.05, 4.69) is 20.9 Å². The first-order valence-electron chi connectivity index (χ1n) is 15.4. The Bertz CT molecular complexity index is 1330. The third-order valence-corrected chi connectivity index (χ3v) is 7.55. The van der Waals surface area contributed by atoms with Crippen LogP contribution in [0.4, 0.5) is 0 Å². The summed E-state index contributed by atoms with van der Waals surface area (Å²) in [4.78, 5) is 56.6. The number of guanidine groups is 1. The zero-order valence-corrected chi connectivity index (χ0v) is 26.6. The zero-order valence-electron chi connectivity index (χ0n) is 26.6. The van der Waals surface area contributed by atoms with E-state index in [4.69, 9.17) is 28.7 Å². The van der Waals surface area contributed by atoms with Crippen LogP contribution in [0.15, 0.2) is 47.5 Å². The quantitative estimate of drug-likeness (QED) is 0.0530. The van der Waals surface area contributed by atoms with Crippen molar-refractivity contribution in [2.24, 2.45) is 33.7 Å². The molecule has 0 heterocycles. The van der Waals surface area contributed by atoms with Gasteiger partial charge in [0, 0.05) is 19.4 Å². The molecule has 0 saturated heterocycles. The molecular weight excluding hydrogens is 590 g/mol. The number of phenols is 1. The van der Waals surface area contributed by atoms with E-state index in [9.17, 15) is 24.3 Å². The largest absolute Gasteiger partial charge is 0.508 e. The highest BCUT2D eigenvalue weighted by molar-refractivity contribution is 5.94. The fourth-order valence-electron chi connectivity index (χ4n) is 5.01. The molecule has 0 unspecified atom stereocenters. The Kier molecular flexibility index (Phi) is 15.5. The smallest absolute Gasteiger partial charge is 0.243 e. The second-order valence-electron chi connectivity index (χ2n) is 11.4. The summed E-state index contributed by atoms with van der Waals surface area (Å²) >= 11 is 0. The van der Waals surface area contributed by atoms with Crippen LogP contribution < -0.4 is 44.6 Å². The van der Waals surface area contributed by atoms with Gasteiger partial charge in [-0.15, -0.1) is 0 Å². The molecule has 14 heteroatoms. The fourth-order valence-corrected chi connectivity index (χ4v) is 5.01. The Morgan fingerprint density at radius 2 is 1.37 bits per heavy atom. The van der Waals surface area contributed by atoms with Gasteiger partial charge in [0.15, 0.2) is 5.96 Å². The number of benzene rings is 2. The number of carbonyl (C=O) groups is 4. The van der Waals surface area contributed by atoms with Crippen LogP contribution in [0.3, 0.4) is 0 Å². The van der Waals surface area contributed by atoms with Gasteiger partial charge in [-0.05, 0) is 86.9 Å². The molecule has 2 aromatic carbocycles. The molecule has 4 amide bonds. The molecule has 2 rings (SSSR count). The predicted molar refractivity (Wildman–Crippen MR) is 177 cm³/mol. The third kappa shape index (κ3) is 12.7. The van der Waals surface area contributed by atoms with Gasteiger partial charge < -0.3 is 49.7 Å². The van der Waals surface area contributed by atoms with E-state index in [0.29, 0.717) is 36.9 Å². The van der Waals surface area contributed by atoms with Crippen molar-refractivity contribution in [2.45, 2.75) is 83.0 Å². The number of primary amides is 1. The van der Waals surface area contributed by atoms with Gasteiger partial charge in [0.25, 0.3) is 0 Å². The monoisotopic (exact) mass is 639 g/mol. The lowest BCUT2D eigenvalue weighted by atomic mass is 9.95. The normalized spacial score (nSPS) is 13.5. The number of aliphatic imine (C=N–C) groups is 1. The van der Waals surface area contributed by atoms with E-state index in [0.717, 1.165) is 11.1 Å². The zero-order chi connectivity index (χ0) is 34.2. The van der Waals surface area contributed by atoms with Crippen LogP contribution >= 0.6 is 0 Å². The van der Waals surface area contributed by atoms with Gasteiger partial charge in [0.05, 0.1) is 6.04 Å². The maximum atomic E-state index is 13.8. The van der Waals surface area contributed by atoms with Gasteiger partial charge in [-0.1, -0.05) is 30.3 Å². The van der Waals surface area contributed by atoms with E-state index in [1.54, 1.807) is 26.0 Å². The minimum atomic E-state index is -1.13. The number of nitrogens with one attached hydrogen (secondary N) is 3. The van der Waals surface area contributed by atoms with Crippen molar-refractivity contribution in [2.75, 3.05) is 13.1 Å². The summed E-state index contributed by atoms with van der Waals surface area (Å²) < 4.78 is 0. The molecule has 0 aromatic heterocycles. The maximum Gasteiger partial charge on any atom is 0.243 e. The molecule has 0 fully saturated rings. The summed E-state index contributed by atoms with van der Waals surface area (Å²) in [6.45, 7) is 4.25. The number of phenolic OH excluding ortho intramolecular Hbond substituents is 1. The number of aromatic hydroxyl groups is 1. The van der Waals surface area contributed by atoms with Gasteiger partial charge in [-0.25, -0.2) is 0 Å². The second-order valence-corrected chi connectivity index (χ2v) is 11.4. The van der Waals surface area contributed by atoms with Crippen LogP contribution in [0.2, 0.25) is 0 Å². The van der Waals surface area contributed by atoms with E-state index < -0.39 is 47.8 Å². The molecule has 0 aliphatic rings. The van der Waals surface area contributed by atoms with E-state index in [-0.39, 0.29) is 43.9 Å². The molecule has 14 nitrogen and oxygen atoms in total. The molecule has 14 N–H and O–H groups in total. The van der Waals surface area contributed by atoms with Crippen molar-refractivity contribution >= 4 is 29.6 Å². The summed E-state index contributed by atoms with van der Waals surface area (Å²) in [7, 11) is 0. The number of hydrogen-bond acceptors (Lipinski definition) is 8. The van der Waals surface area contributed by atoms with Gasteiger partial charge in [-0.2, -0.15) is 0 Å². The van der Waals surface area contributed by atoms with Crippen LogP contribution in [0.1, 0.15) is 54.4 Å². The number of hydrogen-bond donors (Lipinski definition) is 9. The second kappa shape index (κ2) is 19.0. The molecule has 2 aromatic rings. The number of aryl methyl sites for hydroxylation is 2. The standard InChI is InChI=1S/C32H49N9O5/c1-19-15-22(42)16-20(2)23(19)18-27(41-29(44)24(34)11-8-14-38-32(36)37)31(46)39-25(12-6-7-13-33)30(45)40-26(28(35)43)17-21-9-4-3-5-10-21/h3-5,9-10,15-16,24-27,42H,6-8,11-14,17-18,33-34H2,1-2H3,(H2,35,43)(H,39,46)(H,40,45)(H,41,44)(H4,36,37,38)/t24-,25+,26-,27+/m1/s1. The molecular formula is C32H49N9O5. The summed E-state index contributed by atoms with van der Waals surface area (Å²) in [5.41, 5.74) is 31.1. The van der Waals surface area contributed by atoms with Crippen molar-refractivity contribution in [1.29, 1.82) is 0 Å². The van der Waals surface area contributed by atoms with Crippen molar-refractivity contribution in [3.8, 4) is 5.75 Å². The number of carbonyl (C=O) groups excluding carboxylic acids is 4. The first kappa shape index (κ1) is 37.5. The van der Waals surface area contributed by atoms with Crippen LogP contribution in [-0.4, -0.2) is 72.0 Å². The maximum absolute atomic E-state index is 13.8. The first-order chi connectivity index (χ1) is 21.8. The molecule has 0 saturated carbocycles. The number of amides is 4. The minimum absolute atomic E-state index is 0.0608. The molecule has 0 spiro atoms. The van der Waals surface area contributed by atoms with Crippen LogP contribution in [-0.2, 0) is 32.0 Å². The topological polar surface area (TPSA) is 267 Å². The Labute approximate surface area is 269 Å². The van der Waals surface area contributed by atoms with Crippen molar-refractivity contribution in [1.82, 2.24) is 16.0 Å². The number of nitrogens with two attached hydrogens (primary N) is 5. The summed E-state index contributed by atoms with van der Waals surface area (Å²) in [5.74, 6) is -2.51. The van der Waals surface area contributed by atoms with E-state index in [1.165, 1.54) is 0 Å². The van der Waals surface area contributed by atoms with Gasteiger partial charge in [-0.3, -0.25) is 24.2 Å². The summed E-state index contributed by atoms with van der Waals surface area (Å²) in [6.07, 6.45) is 2.27. The average Bonchev–Trinajstić information content (AvgIpc) is 2.99. The summed E-state index contributed by atoms with van der Waals surface area (Å²) in [6, 6.07) is 8.07. The Hall–Kier alpha value is -4.69. The molecule has 0 radical (unpaired) electrons. The molecule has 0 bridgehead atoms. The van der Waals surface area contributed by atoms with Gasteiger partial charge in [0.2, 0.25) is 23.6 Å². The first-order valence-corrected chi connectivity index (χ1v) is 15.4. The highest BCUT2D eigenvalue weighted by Gasteiger charge is 2.30. The molecule has 0 aliphatic carbocycles. The van der Waals surface area contributed by atoms with Crippen LogP contribution in [0.5, 0.6) is 5.75 Å². The van der Waals surface area contributed by atoms with Crippen molar-refractivity contribution in [3.63, 3.8) is 0 Å². The average molecular weight is 640 g/mol. The lowest BCUT2D eigenvalue weighted by Crippen LogP contribution is -2.58. The predicted octanol–water partition coefficient (Wildman–Crippen LogP) is -0.756. The Morgan fingerprint density at radius 3 is 1.96 bits per heavy atom. The fraction of sp³-hybridized carbons (Fsp3) is 0.469. The minimum Gasteiger partial charge on any atom is -0.508 e. The SMILES string of the molecule is Cc1cc(O)cc(C)c1C[C@H](NC(=O)[C@H](N)CCCN=C(N)N)C(=O)N[C@@H](CCCCN)C(=O)N[C@H](Cc1ccccc1)C(N)=O. The number of nitrogens with zero attached hydrogens (tertiary/aromatic N) is 1. The van der Waals surface area contributed by atoms with Crippen molar-refractivity contribution in [3.05, 3.63) is 64.7 Å². The molecule has 252 valence electrons. The summed E-state index contributed by atoms with van der Waals surface area (Å²) in [5, 5.41) is 18.2. The van der Waals surface area contributed by atoms with E-state index in [1.807, 2.05) is 30.3 Å². The van der Waals surface area contributed by atoms with Gasteiger partial charge in [0.1, 0.15) is 23.9 Å². The molecule has 0 aliphatic heterocycles.